The zero-order chi connectivity index (χ0) is 21.4. The Morgan fingerprint density at radius 3 is 2.81 bits per heavy atom. The molecule has 0 aliphatic carbocycles. The number of fused-ring (bicyclic) bond motifs is 1. The summed E-state index contributed by atoms with van der Waals surface area (Å²) in [6.07, 6.45) is 5.69. The number of nitrogens with zero attached hydrogens (tertiary/aromatic N) is 5. The number of hydrogen-bond acceptors (Lipinski definition) is 5. The Hall–Kier alpha value is -3.06. The molecule has 1 aliphatic rings. The molecule has 0 radical (unpaired) electrons. The van der Waals surface area contributed by atoms with E-state index >= 15 is 0 Å². The van der Waals surface area contributed by atoms with Gasteiger partial charge in [-0.2, -0.15) is 5.10 Å². The average Bonchev–Trinajstić information content (AvgIpc) is 3.49. The van der Waals surface area contributed by atoms with Crippen LogP contribution in [0.1, 0.15) is 54.0 Å². The summed E-state index contributed by atoms with van der Waals surface area (Å²) in [5.41, 5.74) is 3.23. The first-order valence-electron chi connectivity index (χ1n) is 10.7. The second-order valence-electron chi connectivity index (χ2n) is 8.30. The summed E-state index contributed by atoms with van der Waals surface area (Å²) >= 11 is 1.68. The van der Waals surface area contributed by atoms with Crippen molar-refractivity contribution in [2.75, 3.05) is 13.1 Å². The Labute approximate surface area is 185 Å². The number of piperidine rings is 1. The van der Waals surface area contributed by atoms with E-state index in [-0.39, 0.29) is 11.9 Å². The highest BCUT2D eigenvalue weighted by Gasteiger charge is 2.29. The predicted molar refractivity (Wildman–Crippen MR) is 123 cm³/mol. The van der Waals surface area contributed by atoms with Crippen LogP contribution in [0.4, 0.5) is 0 Å². The van der Waals surface area contributed by atoms with Crippen LogP contribution in [0, 0.1) is 0 Å². The molecule has 3 aromatic heterocycles. The van der Waals surface area contributed by atoms with Crippen LogP contribution in [0.25, 0.3) is 22.3 Å². The molecular formula is C24H25N5OS. The van der Waals surface area contributed by atoms with Gasteiger partial charge in [-0.15, -0.1) is 11.3 Å². The highest BCUT2D eigenvalue weighted by Crippen LogP contribution is 2.31. The Bertz CT molecular complexity index is 1200. The van der Waals surface area contributed by atoms with Gasteiger partial charge in [-0.3, -0.25) is 4.79 Å². The minimum atomic E-state index is 0.0501. The van der Waals surface area contributed by atoms with Gasteiger partial charge in [0.1, 0.15) is 0 Å². The highest BCUT2D eigenvalue weighted by atomic mass is 32.1. The number of benzene rings is 1. The lowest BCUT2D eigenvalue weighted by Gasteiger charge is -2.32. The molecule has 1 amide bonds. The standard InChI is InChI=1S/C24H25N5OS/c1-16(2)29-22-20(14-26-29)19(13-21(27-22)17-7-4-3-5-8-17)24(30)28-11-6-9-18(15-28)23-25-10-12-31-23/h3-5,7-8,10,12-14,16,18H,6,9,11,15H2,1-2H3. The molecule has 1 saturated heterocycles. The van der Waals surface area contributed by atoms with Gasteiger partial charge >= 0.3 is 0 Å². The molecule has 4 aromatic rings. The van der Waals surface area contributed by atoms with E-state index in [0.717, 1.165) is 46.7 Å². The number of aromatic nitrogens is 4. The van der Waals surface area contributed by atoms with Gasteiger partial charge < -0.3 is 4.90 Å². The monoisotopic (exact) mass is 431 g/mol. The van der Waals surface area contributed by atoms with E-state index in [1.807, 2.05) is 57.6 Å². The molecule has 1 aliphatic heterocycles. The van der Waals surface area contributed by atoms with Crippen LogP contribution in [-0.4, -0.2) is 43.6 Å². The molecule has 31 heavy (non-hydrogen) atoms. The van der Waals surface area contributed by atoms with Gasteiger partial charge in [-0.05, 0) is 32.8 Å². The summed E-state index contributed by atoms with van der Waals surface area (Å²) in [7, 11) is 0. The van der Waals surface area contributed by atoms with Crippen molar-refractivity contribution < 1.29 is 4.79 Å². The van der Waals surface area contributed by atoms with Crippen LogP contribution in [0.5, 0.6) is 0 Å². The first-order valence-corrected chi connectivity index (χ1v) is 11.6. The van der Waals surface area contributed by atoms with Crippen LogP contribution in [0.2, 0.25) is 0 Å². The van der Waals surface area contributed by atoms with Crippen molar-refractivity contribution in [2.45, 2.75) is 38.6 Å². The van der Waals surface area contributed by atoms with Gasteiger partial charge in [-0.1, -0.05) is 30.3 Å². The molecule has 7 heteroatoms. The quantitative estimate of drug-likeness (QED) is 0.448. The van der Waals surface area contributed by atoms with Crippen LogP contribution in [0.3, 0.4) is 0 Å². The van der Waals surface area contributed by atoms with Gasteiger partial charge in [0.15, 0.2) is 5.65 Å². The summed E-state index contributed by atoms with van der Waals surface area (Å²) in [5.74, 6) is 0.358. The number of hydrogen-bond donors (Lipinski definition) is 0. The smallest absolute Gasteiger partial charge is 0.254 e. The summed E-state index contributed by atoms with van der Waals surface area (Å²) in [6, 6.07) is 12.1. The molecule has 5 rings (SSSR count). The zero-order valence-electron chi connectivity index (χ0n) is 17.7. The summed E-state index contributed by atoms with van der Waals surface area (Å²) < 4.78 is 1.90. The highest BCUT2D eigenvalue weighted by molar-refractivity contribution is 7.09. The fraction of sp³-hybridized carbons (Fsp3) is 0.333. The number of pyridine rings is 1. The lowest BCUT2D eigenvalue weighted by atomic mass is 9.97. The van der Waals surface area contributed by atoms with E-state index in [1.165, 1.54) is 0 Å². The maximum atomic E-state index is 13.7. The maximum absolute atomic E-state index is 13.7. The normalized spacial score (nSPS) is 16.9. The average molecular weight is 432 g/mol. The maximum Gasteiger partial charge on any atom is 0.254 e. The molecule has 1 unspecified atom stereocenters. The number of carbonyl (C=O) groups is 1. The van der Waals surface area contributed by atoms with Crippen molar-refractivity contribution in [3.8, 4) is 11.3 Å². The van der Waals surface area contributed by atoms with Crippen LogP contribution in [0.15, 0.2) is 54.2 Å². The third-order valence-corrected chi connectivity index (χ3v) is 6.80. The van der Waals surface area contributed by atoms with E-state index in [2.05, 4.69) is 23.9 Å². The van der Waals surface area contributed by atoms with Gasteiger partial charge in [0.05, 0.1) is 27.8 Å². The van der Waals surface area contributed by atoms with Crippen molar-refractivity contribution in [3.05, 3.63) is 64.7 Å². The number of carbonyl (C=O) groups excluding carboxylic acids is 1. The fourth-order valence-corrected chi connectivity index (χ4v) is 5.07. The Balaban J connectivity index is 1.57. The van der Waals surface area contributed by atoms with Crippen LogP contribution < -0.4 is 0 Å². The minimum absolute atomic E-state index is 0.0501. The van der Waals surface area contributed by atoms with Crippen molar-refractivity contribution in [2.24, 2.45) is 0 Å². The van der Waals surface area contributed by atoms with Crippen molar-refractivity contribution in [1.82, 2.24) is 24.6 Å². The topological polar surface area (TPSA) is 63.9 Å². The van der Waals surface area contributed by atoms with E-state index in [9.17, 15) is 4.79 Å². The van der Waals surface area contributed by atoms with Crippen molar-refractivity contribution in [3.63, 3.8) is 0 Å². The predicted octanol–water partition coefficient (Wildman–Crippen LogP) is 5.16. The Morgan fingerprint density at radius 1 is 1.23 bits per heavy atom. The summed E-state index contributed by atoms with van der Waals surface area (Å²) in [6.45, 7) is 5.63. The molecule has 1 aromatic carbocycles. The lowest BCUT2D eigenvalue weighted by Crippen LogP contribution is -2.39. The third kappa shape index (κ3) is 3.74. The van der Waals surface area contributed by atoms with Gasteiger partial charge in [0, 0.05) is 42.2 Å². The molecule has 0 N–H and O–H groups in total. The first kappa shape index (κ1) is 19.9. The molecular weight excluding hydrogens is 406 g/mol. The number of thiazole rings is 1. The zero-order valence-corrected chi connectivity index (χ0v) is 18.5. The molecule has 1 fully saturated rings. The molecule has 0 saturated carbocycles. The van der Waals surface area contributed by atoms with E-state index in [0.29, 0.717) is 18.0 Å². The Morgan fingerprint density at radius 2 is 2.06 bits per heavy atom. The molecule has 158 valence electrons. The lowest BCUT2D eigenvalue weighted by molar-refractivity contribution is 0.0709. The molecule has 1 atom stereocenters. The number of likely N-dealkylation sites (tertiary alicyclic amines) is 1. The fourth-order valence-electron chi connectivity index (χ4n) is 4.30. The van der Waals surface area contributed by atoms with Crippen molar-refractivity contribution >= 4 is 28.3 Å². The third-order valence-electron chi connectivity index (χ3n) is 5.87. The second kappa shape index (κ2) is 8.23. The van der Waals surface area contributed by atoms with Gasteiger partial charge in [0.25, 0.3) is 5.91 Å². The first-order chi connectivity index (χ1) is 15.1. The molecule has 0 spiro atoms. The summed E-state index contributed by atoms with van der Waals surface area (Å²) in [5, 5.41) is 8.49. The Kier molecular flexibility index (Phi) is 5.28. The molecule has 4 heterocycles. The number of amides is 1. The van der Waals surface area contributed by atoms with E-state index in [1.54, 1.807) is 17.5 Å². The largest absolute Gasteiger partial charge is 0.338 e. The van der Waals surface area contributed by atoms with Gasteiger partial charge in [-0.25, -0.2) is 14.6 Å². The van der Waals surface area contributed by atoms with Crippen LogP contribution in [-0.2, 0) is 0 Å². The number of rotatable bonds is 4. The van der Waals surface area contributed by atoms with E-state index < -0.39 is 0 Å². The van der Waals surface area contributed by atoms with E-state index in [4.69, 9.17) is 4.98 Å². The second-order valence-corrected chi connectivity index (χ2v) is 9.23. The SMILES string of the molecule is CC(C)n1ncc2c(C(=O)N3CCCC(c4nccs4)C3)cc(-c3ccccc3)nc21. The molecule has 6 nitrogen and oxygen atoms in total. The van der Waals surface area contributed by atoms with Crippen LogP contribution >= 0.6 is 11.3 Å². The molecule has 0 bridgehead atoms. The van der Waals surface area contributed by atoms with Crippen molar-refractivity contribution in [1.29, 1.82) is 0 Å². The minimum Gasteiger partial charge on any atom is -0.338 e. The summed E-state index contributed by atoms with van der Waals surface area (Å²) in [4.78, 5) is 25.1. The van der Waals surface area contributed by atoms with Gasteiger partial charge in [0.2, 0.25) is 0 Å².